The van der Waals surface area contributed by atoms with Gasteiger partial charge in [0.2, 0.25) is 0 Å². The molecule has 0 amide bonds. The number of benzene rings is 1. The van der Waals surface area contributed by atoms with Crippen molar-refractivity contribution in [2.45, 2.75) is 32.9 Å². The van der Waals surface area contributed by atoms with Crippen LogP contribution in [0.1, 0.15) is 25.0 Å². The highest BCUT2D eigenvalue weighted by Crippen LogP contribution is 2.11. The van der Waals surface area contributed by atoms with Gasteiger partial charge in [0.25, 0.3) is 0 Å². The Morgan fingerprint density at radius 2 is 1.95 bits per heavy atom. The van der Waals surface area contributed by atoms with Gasteiger partial charge in [-0.05, 0) is 24.0 Å². The average Bonchev–Trinajstić information content (AvgIpc) is 2.44. The first-order chi connectivity index (χ1) is 9.08. The van der Waals surface area contributed by atoms with Gasteiger partial charge < -0.3 is 15.2 Å². The van der Waals surface area contributed by atoms with Crippen LogP contribution in [0.15, 0.2) is 24.3 Å². The van der Waals surface area contributed by atoms with Gasteiger partial charge in [0.1, 0.15) is 0 Å². The van der Waals surface area contributed by atoms with Crippen LogP contribution in [0.4, 0.5) is 0 Å². The number of rotatable bonds is 7. The molecule has 0 aromatic heterocycles. The maximum atomic E-state index is 11.4. The topological polar surface area (TPSA) is 58.6 Å². The van der Waals surface area contributed by atoms with Crippen molar-refractivity contribution in [3.63, 3.8) is 0 Å². The highest BCUT2D eigenvalue weighted by atomic mass is 16.5. The molecule has 4 nitrogen and oxygen atoms in total. The summed E-state index contributed by atoms with van der Waals surface area (Å²) in [7, 11) is 1.40. The predicted molar refractivity (Wildman–Crippen MR) is 74.7 cm³/mol. The number of aliphatic hydroxyl groups is 1. The van der Waals surface area contributed by atoms with Gasteiger partial charge in [-0.3, -0.25) is 4.79 Å². The molecule has 2 unspecified atom stereocenters. The number of hydrogen-bond acceptors (Lipinski definition) is 4. The molecule has 0 spiro atoms. The molecule has 0 radical (unpaired) electrons. The van der Waals surface area contributed by atoms with Crippen molar-refractivity contribution in [3.05, 3.63) is 35.4 Å². The third-order valence-corrected chi connectivity index (χ3v) is 3.44. The summed E-state index contributed by atoms with van der Waals surface area (Å²) in [6.07, 6.45) is 0.290. The zero-order valence-corrected chi connectivity index (χ0v) is 11.8. The number of carbonyl (C=O) groups excluding carboxylic acids is 1. The van der Waals surface area contributed by atoms with Gasteiger partial charge >= 0.3 is 5.97 Å². The number of esters is 1. The summed E-state index contributed by atoms with van der Waals surface area (Å²) in [5.74, 6) is -0.0306. The molecule has 0 saturated heterocycles. The molecular weight excluding hydrogens is 242 g/mol. The highest BCUT2D eigenvalue weighted by Gasteiger charge is 2.12. The molecule has 0 heterocycles. The number of carbonyl (C=O) groups is 1. The standard InChI is InChI=1S/C15H23NO3/c1-11(10-17)12(2)16-9-14-7-5-4-6-13(14)8-15(18)19-3/h4-7,11-12,16-17H,8-10H2,1-3H3. The Kier molecular flexibility index (Phi) is 6.53. The van der Waals surface area contributed by atoms with E-state index in [1.165, 1.54) is 7.11 Å². The third kappa shape index (κ3) is 5.01. The van der Waals surface area contributed by atoms with Crippen LogP contribution in [0, 0.1) is 5.92 Å². The first kappa shape index (κ1) is 15.7. The second kappa shape index (κ2) is 7.92. The maximum absolute atomic E-state index is 11.4. The fraction of sp³-hybridized carbons (Fsp3) is 0.533. The number of methoxy groups -OCH3 is 1. The first-order valence-electron chi connectivity index (χ1n) is 6.56. The van der Waals surface area contributed by atoms with Crippen LogP contribution in [-0.4, -0.2) is 30.8 Å². The Morgan fingerprint density at radius 3 is 2.53 bits per heavy atom. The van der Waals surface area contributed by atoms with Crippen LogP contribution in [0.25, 0.3) is 0 Å². The molecular formula is C15H23NO3. The van der Waals surface area contributed by atoms with E-state index in [0.717, 1.165) is 11.1 Å². The molecule has 2 N–H and O–H groups in total. The van der Waals surface area contributed by atoms with E-state index >= 15 is 0 Å². The van der Waals surface area contributed by atoms with Gasteiger partial charge in [-0.2, -0.15) is 0 Å². The Morgan fingerprint density at radius 1 is 1.32 bits per heavy atom. The molecule has 0 aliphatic heterocycles. The van der Waals surface area contributed by atoms with Gasteiger partial charge in [-0.1, -0.05) is 31.2 Å². The van der Waals surface area contributed by atoms with E-state index in [4.69, 9.17) is 9.84 Å². The summed E-state index contributed by atoms with van der Waals surface area (Å²) < 4.78 is 4.70. The Labute approximate surface area is 114 Å². The number of aliphatic hydroxyl groups excluding tert-OH is 1. The second-order valence-electron chi connectivity index (χ2n) is 4.85. The van der Waals surface area contributed by atoms with E-state index in [0.29, 0.717) is 6.54 Å². The highest BCUT2D eigenvalue weighted by molar-refractivity contribution is 5.72. The van der Waals surface area contributed by atoms with Crippen molar-refractivity contribution in [2.75, 3.05) is 13.7 Å². The van der Waals surface area contributed by atoms with Crippen LogP contribution in [0.5, 0.6) is 0 Å². The molecule has 1 aromatic carbocycles. The van der Waals surface area contributed by atoms with Crippen molar-refractivity contribution in [2.24, 2.45) is 5.92 Å². The van der Waals surface area contributed by atoms with E-state index in [2.05, 4.69) is 5.32 Å². The summed E-state index contributed by atoms with van der Waals surface area (Å²) in [5.41, 5.74) is 2.07. The summed E-state index contributed by atoms with van der Waals surface area (Å²) in [5, 5.41) is 12.5. The maximum Gasteiger partial charge on any atom is 0.309 e. The molecule has 19 heavy (non-hydrogen) atoms. The average molecular weight is 265 g/mol. The zero-order chi connectivity index (χ0) is 14.3. The summed E-state index contributed by atoms with van der Waals surface area (Å²) in [6, 6.07) is 8.03. The fourth-order valence-electron chi connectivity index (χ4n) is 1.76. The minimum Gasteiger partial charge on any atom is -0.469 e. The van der Waals surface area contributed by atoms with E-state index in [1.807, 2.05) is 38.1 Å². The monoisotopic (exact) mass is 265 g/mol. The lowest BCUT2D eigenvalue weighted by Crippen LogP contribution is -2.33. The van der Waals surface area contributed by atoms with Gasteiger partial charge in [-0.25, -0.2) is 0 Å². The van der Waals surface area contributed by atoms with Gasteiger partial charge in [-0.15, -0.1) is 0 Å². The smallest absolute Gasteiger partial charge is 0.309 e. The molecule has 4 heteroatoms. The van der Waals surface area contributed by atoms with Crippen LogP contribution < -0.4 is 5.32 Å². The number of nitrogens with one attached hydrogen (secondary N) is 1. The second-order valence-corrected chi connectivity index (χ2v) is 4.85. The quantitative estimate of drug-likeness (QED) is 0.734. The molecule has 0 bridgehead atoms. The summed E-state index contributed by atoms with van der Waals surface area (Å²) in [4.78, 5) is 11.4. The van der Waals surface area contributed by atoms with E-state index < -0.39 is 0 Å². The van der Waals surface area contributed by atoms with Crippen molar-refractivity contribution in [3.8, 4) is 0 Å². The molecule has 2 atom stereocenters. The van der Waals surface area contributed by atoms with E-state index in [9.17, 15) is 4.79 Å². The summed E-state index contributed by atoms with van der Waals surface area (Å²) >= 11 is 0. The Balaban J connectivity index is 2.65. The molecule has 0 aliphatic rings. The Hall–Kier alpha value is -1.39. The number of hydrogen-bond donors (Lipinski definition) is 2. The van der Waals surface area contributed by atoms with Crippen molar-refractivity contribution in [1.82, 2.24) is 5.32 Å². The number of ether oxygens (including phenoxy) is 1. The zero-order valence-electron chi connectivity index (χ0n) is 11.8. The molecule has 1 aromatic rings. The third-order valence-electron chi connectivity index (χ3n) is 3.44. The molecule has 0 fully saturated rings. The molecule has 1 rings (SSSR count). The lowest BCUT2D eigenvalue weighted by atomic mass is 10.0. The van der Waals surface area contributed by atoms with Gasteiger partial charge in [0.05, 0.1) is 13.5 Å². The van der Waals surface area contributed by atoms with Crippen molar-refractivity contribution >= 4 is 5.97 Å². The van der Waals surface area contributed by atoms with Crippen LogP contribution in [0.3, 0.4) is 0 Å². The lowest BCUT2D eigenvalue weighted by Gasteiger charge is -2.20. The largest absolute Gasteiger partial charge is 0.469 e. The Bertz CT molecular complexity index is 406. The minimum atomic E-state index is -0.232. The van der Waals surface area contributed by atoms with E-state index in [1.54, 1.807) is 0 Å². The molecule has 0 aliphatic carbocycles. The summed E-state index contributed by atoms with van der Waals surface area (Å²) in [6.45, 7) is 4.89. The lowest BCUT2D eigenvalue weighted by molar-refractivity contribution is -0.139. The minimum absolute atomic E-state index is 0.165. The van der Waals surface area contributed by atoms with Crippen LogP contribution >= 0.6 is 0 Å². The van der Waals surface area contributed by atoms with Gasteiger partial charge in [0, 0.05) is 19.2 Å². The first-order valence-corrected chi connectivity index (χ1v) is 6.56. The van der Waals surface area contributed by atoms with Crippen molar-refractivity contribution < 1.29 is 14.6 Å². The SMILES string of the molecule is COC(=O)Cc1ccccc1CNC(C)C(C)CO. The molecule has 106 valence electrons. The van der Waals surface area contributed by atoms with Crippen LogP contribution in [0.2, 0.25) is 0 Å². The normalized spacial score (nSPS) is 13.9. The van der Waals surface area contributed by atoms with E-state index in [-0.39, 0.29) is 31.0 Å². The van der Waals surface area contributed by atoms with Crippen LogP contribution in [-0.2, 0) is 22.5 Å². The molecule has 0 saturated carbocycles. The van der Waals surface area contributed by atoms with Gasteiger partial charge in [0.15, 0.2) is 0 Å². The fourth-order valence-corrected chi connectivity index (χ4v) is 1.76. The van der Waals surface area contributed by atoms with Crippen molar-refractivity contribution in [1.29, 1.82) is 0 Å². The predicted octanol–water partition coefficient (Wildman–Crippen LogP) is 1.51.